The lowest BCUT2D eigenvalue weighted by Gasteiger charge is -2.29. The highest BCUT2D eigenvalue weighted by atomic mass is 16.1. The lowest BCUT2D eigenvalue weighted by Crippen LogP contribution is -2.35. The van der Waals surface area contributed by atoms with Crippen LogP contribution in [0.2, 0.25) is 0 Å². The maximum absolute atomic E-state index is 11.8. The molecule has 4 nitrogen and oxygen atoms in total. The van der Waals surface area contributed by atoms with Crippen LogP contribution in [0.25, 0.3) is 0 Å². The molecule has 1 fully saturated rings. The van der Waals surface area contributed by atoms with E-state index in [4.69, 9.17) is 0 Å². The van der Waals surface area contributed by atoms with Gasteiger partial charge in [0, 0.05) is 25.4 Å². The summed E-state index contributed by atoms with van der Waals surface area (Å²) >= 11 is 0. The highest BCUT2D eigenvalue weighted by Crippen LogP contribution is 2.32. The van der Waals surface area contributed by atoms with E-state index in [0.717, 1.165) is 32.2 Å². The molecular weight excluding hydrogens is 228 g/mol. The number of amides is 1. The maximum Gasteiger partial charge on any atom is 0.220 e. The summed E-state index contributed by atoms with van der Waals surface area (Å²) in [5.74, 6) is 0.713. The second kappa shape index (κ2) is 7.52. The van der Waals surface area contributed by atoms with E-state index >= 15 is 0 Å². The molecule has 1 saturated carbocycles. The molecule has 0 radical (unpaired) electrons. The zero-order chi connectivity index (χ0) is 13.5. The topological polar surface area (TPSA) is 49.4 Å². The number of hydrogen-bond acceptors (Lipinski definition) is 3. The largest absolute Gasteiger partial charge is 0.355 e. The summed E-state index contributed by atoms with van der Waals surface area (Å²) in [7, 11) is 3.97. The molecule has 0 aliphatic heterocycles. The first kappa shape index (κ1) is 15.2. The average molecular weight is 254 g/mol. The maximum atomic E-state index is 11.8. The van der Waals surface area contributed by atoms with E-state index in [1.165, 1.54) is 0 Å². The highest BCUT2D eigenvalue weighted by Gasteiger charge is 2.29. The van der Waals surface area contributed by atoms with Crippen molar-refractivity contribution in [2.75, 3.05) is 27.2 Å². The van der Waals surface area contributed by atoms with Crippen LogP contribution in [0.4, 0.5) is 0 Å². The van der Waals surface area contributed by atoms with Crippen LogP contribution in [0.1, 0.15) is 39.0 Å². The average Bonchev–Trinajstić information content (AvgIpc) is 2.28. The van der Waals surface area contributed by atoms with Crippen LogP contribution in [0.15, 0.2) is 0 Å². The first-order chi connectivity index (χ1) is 8.50. The van der Waals surface area contributed by atoms with Crippen molar-refractivity contribution in [3.05, 3.63) is 0 Å². The Labute approximate surface area is 110 Å². The molecule has 1 N–H and O–H groups in total. The van der Waals surface area contributed by atoms with E-state index in [9.17, 15) is 9.59 Å². The van der Waals surface area contributed by atoms with E-state index in [1.54, 1.807) is 6.92 Å². The monoisotopic (exact) mass is 254 g/mol. The van der Waals surface area contributed by atoms with Gasteiger partial charge in [0.25, 0.3) is 0 Å². The Bertz CT molecular complexity index is 290. The van der Waals surface area contributed by atoms with Crippen molar-refractivity contribution in [3.8, 4) is 0 Å². The van der Waals surface area contributed by atoms with Gasteiger partial charge in [-0.1, -0.05) is 12.8 Å². The third kappa shape index (κ3) is 5.17. The number of rotatable bonds is 6. The van der Waals surface area contributed by atoms with Crippen LogP contribution < -0.4 is 5.32 Å². The molecule has 1 amide bonds. The van der Waals surface area contributed by atoms with E-state index < -0.39 is 0 Å². The summed E-state index contributed by atoms with van der Waals surface area (Å²) in [4.78, 5) is 25.4. The van der Waals surface area contributed by atoms with Crippen LogP contribution in [0.5, 0.6) is 0 Å². The number of Topliss-reactive ketones (excluding diaryl/α,β-unsaturated/α-hetero) is 1. The second-order valence-electron chi connectivity index (χ2n) is 5.62. The lowest BCUT2D eigenvalue weighted by molar-refractivity contribution is -0.126. The molecule has 1 aliphatic rings. The summed E-state index contributed by atoms with van der Waals surface area (Å²) in [6, 6.07) is 0. The molecule has 0 aromatic carbocycles. The summed E-state index contributed by atoms with van der Waals surface area (Å²) in [5, 5.41) is 2.93. The van der Waals surface area contributed by atoms with Crippen molar-refractivity contribution in [1.82, 2.24) is 10.2 Å². The van der Waals surface area contributed by atoms with Crippen molar-refractivity contribution in [1.29, 1.82) is 0 Å². The molecule has 2 atom stereocenters. The van der Waals surface area contributed by atoms with Crippen molar-refractivity contribution in [2.45, 2.75) is 39.0 Å². The predicted octanol–water partition coefficient (Wildman–Crippen LogP) is 1.45. The first-order valence-corrected chi connectivity index (χ1v) is 6.92. The fourth-order valence-electron chi connectivity index (χ4n) is 2.72. The van der Waals surface area contributed by atoms with Gasteiger partial charge >= 0.3 is 0 Å². The Balaban J connectivity index is 2.34. The number of hydrogen-bond donors (Lipinski definition) is 1. The summed E-state index contributed by atoms with van der Waals surface area (Å²) in [6.07, 6.45) is 4.77. The number of likely N-dealkylation sites (N-methyl/N-ethyl adjacent to an activating group) is 1. The molecular formula is C14H26N2O2. The Morgan fingerprint density at radius 2 is 1.89 bits per heavy atom. The fourth-order valence-corrected chi connectivity index (χ4v) is 2.72. The SMILES string of the molecule is CC(=O)C1CCCCC1CC(=O)NCCN(C)C. The number of nitrogens with zero attached hydrogens (tertiary/aromatic N) is 1. The van der Waals surface area contributed by atoms with Gasteiger partial charge in [-0.3, -0.25) is 9.59 Å². The predicted molar refractivity (Wildman–Crippen MR) is 72.3 cm³/mol. The zero-order valence-electron chi connectivity index (χ0n) is 11.9. The third-order valence-electron chi connectivity index (χ3n) is 3.76. The smallest absolute Gasteiger partial charge is 0.220 e. The van der Waals surface area contributed by atoms with Crippen molar-refractivity contribution in [2.24, 2.45) is 11.8 Å². The van der Waals surface area contributed by atoms with Crippen LogP contribution in [-0.4, -0.2) is 43.8 Å². The minimum absolute atomic E-state index is 0.0926. The molecule has 0 aromatic rings. The molecule has 18 heavy (non-hydrogen) atoms. The molecule has 104 valence electrons. The van der Waals surface area contributed by atoms with E-state index in [1.807, 2.05) is 19.0 Å². The quantitative estimate of drug-likeness (QED) is 0.780. The minimum atomic E-state index is 0.0926. The molecule has 4 heteroatoms. The van der Waals surface area contributed by atoms with Crippen LogP contribution in [-0.2, 0) is 9.59 Å². The number of carbonyl (C=O) groups is 2. The van der Waals surface area contributed by atoms with Crippen molar-refractivity contribution < 1.29 is 9.59 Å². The standard InChI is InChI=1S/C14H26N2O2/c1-11(17)13-7-5-4-6-12(13)10-14(18)15-8-9-16(2)3/h12-13H,4-10H2,1-3H3,(H,15,18). The summed E-state index contributed by atoms with van der Waals surface area (Å²) in [5.41, 5.74) is 0. The van der Waals surface area contributed by atoms with Gasteiger partial charge in [0.15, 0.2) is 0 Å². The lowest BCUT2D eigenvalue weighted by atomic mass is 9.75. The van der Waals surface area contributed by atoms with Gasteiger partial charge in [0.2, 0.25) is 5.91 Å². The number of nitrogens with one attached hydrogen (secondary N) is 1. The summed E-state index contributed by atoms with van der Waals surface area (Å²) in [6.45, 7) is 3.20. The van der Waals surface area contributed by atoms with Gasteiger partial charge in [0.05, 0.1) is 0 Å². The summed E-state index contributed by atoms with van der Waals surface area (Å²) < 4.78 is 0. The van der Waals surface area contributed by atoms with E-state index in [0.29, 0.717) is 13.0 Å². The molecule has 0 spiro atoms. The third-order valence-corrected chi connectivity index (χ3v) is 3.76. The molecule has 0 saturated heterocycles. The van der Waals surface area contributed by atoms with Gasteiger partial charge in [-0.25, -0.2) is 0 Å². The Morgan fingerprint density at radius 1 is 1.22 bits per heavy atom. The normalized spacial score (nSPS) is 24.0. The van der Waals surface area contributed by atoms with E-state index in [-0.39, 0.29) is 23.5 Å². The molecule has 1 aliphatic carbocycles. The zero-order valence-corrected chi connectivity index (χ0v) is 11.9. The molecule has 0 bridgehead atoms. The second-order valence-corrected chi connectivity index (χ2v) is 5.62. The van der Waals surface area contributed by atoms with Crippen LogP contribution >= 0.6 is 0 Å². The van der Waals surface area contributed by atoms with Crippen LogP contribution in [0.3, 0.4) is 0 Å². The van der Waals surface area contributed by atoms with Gasteiger partial charge in [0.1, 0.15) is 5.78 Å². The highest BCUT2D eigenvalue weighted by molar-refractivity contribution is 5.81. The fraction of sp³-hybridized carbons (Fsp3) is 0.857. The Kier molecular flexibility index (Phi) is 6.33. The number of ketones is 1. The molecule has 0 heterocycles. The van der Waals surface area contributed by atoms with Crippen molar-refractivity contribution >= 4 is 11.7 Å². The van der Waals surface area contributed by atoms with Gasteiger partial charge in [-0.05, 0) is 39.8 Å². The van der Waals surface area contributed by atoms with Gasteiger partial charge < -0.3 is 10.2 Å². The minimum Gasteiger partial charge on any atom is -0.355 e. The van der Waals surface area contributed by atoms with E-state index in [2.05, 4.69) is 5.32 Å². The Hall–Kier alpha value is -0.900. The molecule has 2 unspecified atom stereocenters. The molecule has 0 aromatic heterocycles. The van der Waals surface area contributed by atoms with Gasteiger partial charge in [-0.15, -0.1) is 0 Å². The molecule has 1 rings (SSSR count). The first-order valence-electron chi connectivity index (χ1n) is 6.92. The van der Waals surface area contributed by atoms with Crippen LogP contribution in [0, 0.1) is 11.8 Å². The van der Waals surface area contributed by atoms with Gasteiger partial charge in [-0.2, -0.15) is 0 Å². The Morgan fingerprint density at radius 3 is 2.50 bits per heavy atom. The number of carbonyl (C=O) groups excluding carboxylic acids is 2. The van der Waals surface area contributed by atoms with Crippen molar-refractivity contribution in [3.63, 3.8) is 0 Å².